The van der Waals surface area contributed by atoms with Gasteiger partial charge in [0.2, 0.25) is 0 Å². The molecule has 0 bridgehead atoms. The molecule has 1 aromatic rings. The third-order valence-corrected chi connectivity index (χ3v) is 5.88. The van der Waals surface area contributed by atoms with Crippen molar-refractivity contribution in [1.82, 2.24) is 15.6 Å². The van der Waals surface area contributed by atoms with Gasteiger partial charge in [-0.3, -0.25) is 4.99 Å². The number of halogens is 1. The third-order valence-electron chi connectivity index (χ3n) is 4.75. The molecule has 0 aliphatic heterocycles. The van der Waals surface area contributed by atoms with E-state index in [1.165, 1.54) is 24.1 Å². The van der Waals surface area contributed by atoms with E-state index in [4.69, 9.17) is 4.74 Å². The average molecular weight is 466 g/mol. The highest BCUT2D eigenvalue weighted by molar-refractivity contribution is 14.0. The molecule has 7 heteroatoms. The Labute approximate surface area is 167 Å². The molecule has 0 saturated heterocycles. The van der Waals surface area contributed by atoms with Gasteiger partial charge in [0.25, 0.3) is 0 Å². The van der Waals surface area contributed by atoms with Crippen molar-refractivity contribution in [3.8, 4) is 0 Å². The number of aliphatic imine (C=N–C) groups is 1. The van der Waals surface area contributed by atoms with Crippen molar-refractivity contribution < 1.29 is 4.74 Å². The minimum Gasteiger partial charge on any atom is -0.385 e. The zero-order valence-corrected chi connectivity index (χ0v) is 18.4. The fourth-order valence-corrected chi connectivity index (χ4v) is 4.04. The van der Waals surface area contributed by atoms with Crippen molar-refractivity contribution in [2.24, 2.45) is 10.4 Å². The molecule has 1 saturated carbocycles. The average Bonchev–Trinajstić information content (AvgIpc) is 2.81. The van der Waals surface area contributed by atoms with Crippen LogP contribution in [0.5, 0.6) is 0 Å². The molecule has 1 heterocycles. The quantitative estimate of drug-likeness (QED) is 0.351. The maximum absolute atomic E-state index is 5.26. The van der Waals surface area contributed by atoms with Gasteiger partial charge in [-0.15, -0.1) is 35.3 Å². The van der Waals surface area contributed by atoms with Crippen LogP contribution in [0.1, 0.15) is 41.3 Å². The van der Waals surface area contributed by atoms with Crippen molar-refractivity contribution in [3.63, 3.8) is 0 Å². The molecule has 0 spiro atoms. The Kier molecular flexibility index (Phi) is 9.51. The second kappa shape index (κ2) is 10.6. The van der Waals surface area contributed by atoms with E-state index in [9.17, 15) is 0 Å². The Hall–Kier alpha value is -0.410. The number of nitrogens with one attached hydrogen (secondary N) is 2. The first-order chi connectivity index (χ1) is 11.1. The van der Waals surface area contributed by atoms with Crippen LogP contribution >= 0.6 is 35.3 Å². The van der Waals surface area contributed by atoms with Crippen LogP contribution in [-0.4, -0.2) is 44.8 Å². The highest BCUT2D eigenvalue weighted by Crippen LogP contribution is 2.43. The lowest BCUT2D eigenvalue weighted by Gasteiger charge is -2.42. The molecule has 0 radical (unpaired) electrons. The Morgan fingerprint density at radius 1 is 1.33 bits per heavy atom. The molecular weight excluding hydrogens is 435 g/mol. The summed E-state index contributed by atoms with van der Waals surface area (Å²) >= 11 is 1.79. The first-order valence-electron chi connectivity index (χ1n) is 8.45. The van der Waals surface area contributed by atoms with E-state index < -0.39 is 0 Å². The predicted octanol–water partition coefficient (Wildman–Crippen LogP) is 3.29. The summed E-state index contributed by atoms with van der Waals surface area (Å²) < 4.78 is 5.26. The van der Waals surface area contributed by atoms with Gasteiger partial charge < -0.3 is 15.4 Å². The van der Waals surface area contributed by atoms with Crippen LogP contribution in [0.25, 0.3) is 0 Å². The number of rotatable bonds is 8. The van der Waals surface area contributed by atoms with E-state index in [0.717, 1.165) is 49.2 Å². The molecule has 1 aromatic heterocycles. The van der Waals surface area contributed by atoms with Crippen molar-refractivity contribution in [2.45, 2.75) is 46.0 Å². The normalized spacial score (nSPS) is 16.2. The SMILES string of the molecule is CN=C(NCCc1sc(C)nc1C)NCC1(CCOC)CCC1.I. The van der Waals surface area contributed by atoms with Gasteiger partial charge >= 0.3 is 0 Å². The largest absolute Gasteiger partial charge is 0.385 e. The highest BCUT2D eigenvalue weighted by Gasteiger charge is 2.36. The molecule has 24 heavy (non-hydrogen) atoms. The van der Waals surface area contributed by atoms with Gasteiger partial charge in [0.05, 0.1) is 10.7 Å². The fraction of sp³-hybridized carbons (Fsp3) is 0.765. The van der Waals surface area contributed by atoms with Gasteiger partial charge in [0, 0.05) is 45.2 Å². The van der Waals surface area contributed by atoms with Crippen LogP contribution in [0.15, 0.2) is 4.99 Å². The number of hydrogen-bond acceptors (Lipinski definition) is 4. The van der Waals surface area contributed by atoms with Gasteiger partial charge in [-0.2, -0.15) is 0 Å². The van der Waals surface area contributed by atoms with Gasteiger partial charge in [0.15, 0.2) is 5.96 Å². The summed E-state index contributed by atoms with van der Waals surface area (Å²) in [5.74, 6) is 0.896. The molecule has 0 unspecified atom stereocenters. The molecular formula is C17H31IN4OS. The molecule has 5 nitrogen and oxygen atoms in total. The van der Waals surface area contributed by atoms with E-state index in [2.05, 4.69) is 34.5 Å². The van der Waals surface area contributed by atoms with Crippen molar-refractivity contribution in [1.29, 1.82) is 0 Å². The fourth-order valence-electron chi connectivity index (χ4n) is 3.10. The summed E-state index contributed by atoms with van der Waals surface area (Å²) in [5, 5.41) is 8.06. The summed E-state index contributed by atoms with van der Waals surface area (Å²) in [5.41, 5.74) is 1.56. The minimum absolute atomic E-state index is 0. The summed E-state index contributed by atoms with van der Waals surface area (Å²) in [6.45, 7) is 6.86. The Bertz CT molecular complexity index is 529. The Morgan fingerprint density at radius 2 is 2.08 bits per heavy atom. The molecule has 2 rings (SSSR count). The minimum atomic E-state index is 0. The third kappa shape index (κ3) is 6.15. The predicted molar refractivity (Wildman–Crippen MR) is 113 cm³/mol. The maximum Gasteiger partial charge on any atom is 0.191 e. The van der Waals surface area contributed by atoms with Gasteiger partial charge in [-0.25, -0.2) is 4.98 Å². The van der Waals surface area contributed by atoms with Crippen molar-refractivity contribution in [2.75, 3.05) is 33.9 Å². The van der Waals surface area contributed by atoms with Gasteiger partial charge in [-0.05, 0) is 38.5 Å². The molecule has 138 valence electrons. The zero-order chi connectivity index (χ0) is 16.7. The summed E-state index contributed by atoms with van der Waals surface area (Å²) in [6, 6.07) is 0. The van der Waals surface area contributed by atoms with Crippen LogP contribution < -0.4 is 10.6 Å². The maximum atomic E-state index is 5.26. The topological polar surface area (TPSA) is 58.5 Å². The number of ether oxygens (including phenoxy) is 1. The lowest BCUT2D eigenvalue weighted by atomic mass is 9.67. The lowest BCUT2D eigenvalue weighted by Crippen LogP contribution is -2.47. The zero-order valence-electron chi connectivity index (χ0n) is 15.3. The molecule has 0 amide bonds. The molecule has 0 atom stereocenters. The Morgan fingerprint density at radius 3 is 2.58 bits per heavy atom. The first-order valence-corrected chi connectivity index (χ1v) is 9.26. The van der Waals surface area contributed by atoms with Crippen LogP contribution in [-0.2, 0) is 11.2 Å². The number of thiazole rings is 1. The van der Waals surface area contributed by atoms with Crippen LogP contribution in [0, 0.1) is 19.3 Å². The number of aromatic nitrogens is 1. The van der Waals surface area contributed by atoms with E-state index in [-0.39, 0.29) is 24.0 Å². The first kappa shape index (κ1) is 21.6. The van der Waals surface area contributed by atoms with Gasteiger partial charge in [-0.1, -0.05) is 6.42 Å². The van der Waals surface area contributed by atoms with E-state index in [1.807, 2.05) is 7.05 Å². The molecule has 0 aromatic carbocycles. The molecule has 1 fully saturated rings. The number of guanidine groups is 1. The van der Waals surface area contributed by atoms with E-state index in [1.54, 1.807) is 18.4 Å². The monoisotopic (exact) mass is 466 g/mol. The van der Waals surface area contributed by atoms with Crippen LogP contribution in [0.4, 0.5) is 0 Å². The van der Waals surface area contributed by atoms with E-state index >= 15 is 0 Å². The number of methoxy groups -OCH3 is 1. The second-order valence-corrected chi connectivity index (χ2v) is 7.73. The molecule has 1 aliphatic carbocycles. The standard InChI is InChI=1S/C17H30N4OS.HI/c1-13-15(23-14(2)21-13)6-10-19-16(18-3)20-12-17(7-5-8-17)9-11-22-4;/h5-12H2,1-4H3,(H2,18,19,20);1H. The number of hydrogen-bond donors (Lipinski definition) is 2. The van der Waals surface area contributed by atoms with Crippen molar-refractivity contribution in [3.05, 3.63) is 15.6 Å². The summed E-state index contributed by atoms with van der Waals surface area (Å²) in [7, 11) is 3.61. The lowest BCUT2D eigenvalue weighted by molar-refractivity contribution is 0.0732. The van der Waals surface area contributed by atoms with Gasteiger partial charge in [0.1, 0.15) is 0 Å². The van der Waals surface area contributed by atoms with E-state index in [0.29, 0.717) is 5.41 Å². The molecule has 1 aliphatic rings. The molecule has 2 N–H and O–H groups in total. The summed E-state index contributed by atoms with van der Waals surface area (Å²) in [4.78, 5) is 10.2. The summed E-state index contributed by atoms with van der Waals surface area (Å²) in [6.07, 6.45) is 6.04. The Balaban J connectivity index is 0.00000288. The number of aryl methyl sites for hydroxylation is 2. The van der Waals surface area contributed by atoms with Crippen LogP contribution in [0.2, 0.25) is 0 Å². The van der Waals surface area contributed by atoms with Crippen molar-refractivity contribution >= 4 is 41.3 Å². The van der Waals surface area contributed by atoms with Crippen LogP contribution in [0.3, 0.4) is 0 Å². The smallest absolute Gasteiger partial charge is 0.191 e. The number of nitrogens with zero attached hydrogens (tertiary/aromatic N) is 2. The highest BCUT2D eigenvalue weighted by atomic mass is 127. The second-order valence-electron chi connectivity index (χ2n) is 6.44.